The zero-order valence-corrected chi connectivity index (χ0v) is 10.6. The summed E-state index contributed by atoms with van der Waals surface area (Å²) in [6.07, 6.45) is 2.14. The fraction of sp³-hybridized carbons (Fsp3) is 0.400. The van der Waals surface area contributed by atoms with Gasteiger partial charge in [0.15, 0.2) is 11.5 Å². The minimum Gasteiger partial charge on any atom is -0.486 e. The van der Waals surface area contributed by atoms with Gasteiger partial charge in [0.25, 0.3) is 0 Å². The Morgan fingerprint density at radius 2 is 1.67 bits per heavy atom. The van der Waals surface area contributed by atoms with E-state index in [1.807, 2.05) is 35.3 Å². The molecule has 0 saturated heterocycles. The lowest BCUT2D eigenvalue weighted by atomic mass is 10.3. The van der Waals surface area contributed by atoms with Gasteiger partial charge in [0.05, 0.1) is 0 Å². The zero-order chi connectivity index (χ0) is 10.3. The van der Waals surface area contributed by atoms with E-state index in [9.17, 15) is 0 Å². The molecule has 15 heavy (non-hydrogen) atoms. The first-order chi connectivity index (χ1) is 7.36. The van der Waals surface area contributed by atoms with E-state index in [2.05, 4.69) is 18.4 Å². The fourth-order valence-corrected chi connectivity index (χ4v) is 5.17. The molecule has 80 valence electrons. The standard InChI is InChI=1S/C10H10O2S3/c1-13-10-14-8-4-6-7(5-9(8)15-10)12-3-2-11-6/h4-5,10H,2-3H2,1H3. The zero-order valence-electron chi connectivity index (χ0n) is 8.19. The van der Waals surface area contributed by atoms with E-state index in [4.69, 9.17) is 9.47 Å². The Morgan fingerprint density at radius 1 is 1.13 bits per heavy atom. The van der Waals surface area contributed by atoms with Crippen molar-refractivity contribution < 1.29 is 9.47 Å². The summed E-state index contributed by atoms with van der Waals surface area (Å²) in [6, 6.07) is 4.22. The van der Waals surface area contributed by atoms with Crippen molar-refractivity contribution in [2.24, 2.45) is 0 Å². The molecule has 0 fully saturated rings. The molecule has 3 rings (SSSR count). The molecule has 0 atom stereocenters. The molecule has 0 spiro atoms. The Bertz CT molecular complexity index is 359. The number of hydrogen-bond donors (Lipinski definition) is 0. The van der Waals surface area contributed by atoms with Gasteiger partial charge in [-0.2, -0.15) is 0 Å². The molecule has 2 heterocycles. The molecular weight excluding hydrogens is 248 g/mol. The minimum absolute atomic E-state index is 0.573. The third kappa shape index (κ3) is 1.81. The van der Waals surface area contributed by atoms with Gasteiger partial charge in [0.1, 0.15) is 17.1 Å². The number of thioether (sulfide) groups is 3. The van der Waals surface area contributed by atoms with Gasteiger partial charge in [0, 0.05) is 9.79 Å². The Morgan fingerprint density at radius 3 is 2.13 bits per heavy atom. The van der Waals surface area contributed by atoms with Crippen molar-refractivity contribution >= 4 is 35.3 Å². The second-order valence-corrected chi connectivity index (χ2v) is 7.33. The normalized spacial score (nSPS) is 19.0. The monoisotopic (exact) mass is 258 g/mol. The smallest absolute Gasteiger partial charge is 0.162 e. The average molecular weight is 258 g/mol. The molecule has 2 nitrogen and oxygen atoms in total. The average Bonchev–Trinajstić information content (AvgIpc) is 2.67. The molecule has 1 aromatic rings. The van der Waals surface area contributed by atoms with Crippen LogP contribution in [-0.4, -0.2) is 23.4 Å². The van der Waals surface area contributed by atoms with Crippen LogP contribution in [-0.2, 0) is 0 Å². The minimum atomic E-state index is 0.573. The number of rotatable bonds is 1. The lowest BCUT2D eigenvalue weighted by Gasteiger charge is -2.18. The molecule has 2 aliphatic rings. The highest BCUT2D eigenvalue weighted by Gasteiger charge is 2.25. The van der Waals surface area contributed by atoms with Crippen LogP contribution in [0.25, 0.3) is 0 Å². The third-order valence-electron chi connectivity index (χ3n) is 2.25. The highest BCUT2D eigenvalue weighted by molar-refractivity contribution is 8.33. The Hall–Kier alpha value is -0.130. The molecule has 0 N–H and O–H groups in total. The maximum absolute atomic E-state index is 5.56. The molecule has 0 aromatic heterocycles. The molecule has 2 aliphatic heterocycles. The van der Waals surface area contributed by atoms with Crippen molar-refractivity contribution in [3.8, 4) is 11.5 Å². The van der Waals surface area contributed by atoms with Gasteiger partial charge in [-0.25, -0.2) is 0 Å². The molecule has 5 heteroatoms. The van der Waals surface area contributed by atoms with Crippen LogP contribution in [0.1, 0.15) is 0 Å². The number of benzene rings is 1. The Balaban J connectivity index is 1.97. The van der Waals surface area contributed by atoms with Crippen molar-refractivity contribution in [2.75, 3.05) is 19.5 Å². The Kier molecular flexibility index (Phi) is 2.70. The maximum atomic E-state index is 5.56. The predicted molar refractivity (Wildman–Crippen MR) is 66.4 cm³/mol. The molecule has 1 aromatic carbocycles. The second-order valence-electron chi connectivity index (χ2n) is 3.20. The lowest BCUT2D eigenvalue weighted by Crippen LogP contribution is -2.15. The Labute approximate surface area is 101 Å². The summed E-state index contributed by atoms with van der Waals surface area (Å²) < 4.78 is 11.7. The van der Waals surface area contributed by atoms with Gasteiger partial charge in [-0.05, 0) is 18.4 Å². The summed E-state index contributed by atoms with van der Waals surface area (Å²) in [6.45, 7) is 1.32. The molecule has 0 radical (unpaired) electrons. The third-order valence-corrected chi connectivity index (χ3v) is 6.64. The van der Waals surface area contributed by atoms with E-state index in [1.165, 1.54) is 9.79 Å². The summed E-state index contributed by atoms with van der Waals surface area (Å²) in [5.41, 5.74) is 0. The first-order valence-electron chi connectivity index (χ1n) is 4.66. The van der Waals surface area contributed by atoms with Crippen LogP contribution in [0.4, 0.5) is 0 Å². The van der Waals surface area contributed by atoms with Crippen molar-refractivity contribution in [1.82, 2.24) is 0 Å². The summed E-state index contributed by atoms with van der Waals surface area (Å²) in [5.74, 6) is 1.80. The number of ether oxygens (including phenoxy) is 2. The maximum Gasteiger partial charge on any atom is 0.162 e. The van der Waals surface area contributed by atoms with Gasteiger partial charge in [0.2, 0.25) is 0 Å². The van der Waals surface area contributed by atoms with Crippen LogP contribution < -0.4 is 9.47 Å². The number of hydrogen-bond acceptors (Lipinski definition) is 5. The van der Waals surface area contributed by atoms with Gasteiger partial charge in [-0.15, -0.1) is 11.8 Å². The van der Waals surface area contributed by atoms with E-state index in [0.717, 1.165) is 11.5 Å². The first kappa shape index (κ1) is 10.1. The van der Waals surface area contributed by atoms with Crippen LogP contribution in [0.15, 0.2) is 21.9 Å². The summed E-state index contributed by atoms with van der Waals surface area (Å²) in [7, 11) is 0. The van der Waals surface area contributed by atoms with E-state index in [-0.39, 0.29) is 0 Å². The highest BCUT2D eigenvalue weighted by Crippen LogP contribution is 2.54. The van der Waals surface area contributed by atoms with Crippen LogP contribution in [0, 0.1) is 0 Å². The lowest BCUT2D eigenvalue weighted by molar-refractivity contribution is 0.170. The van der Waals surface area contributed by atoms with Crippen molar-refractivity contribution in [3.63, 3.8) is 0 Å². The predicted octanol–water partition coefficient (Wildman–Crippen LogP) is 3.30. The molecule has 0 amide bonds. The highest BCUT2D eigenvalue weighted by atomic mass is 32.3. The van der Waals surface area contributed by atoms with Crippen LogP contribution >= 0.6 is 35.3 Å². The molecular formula is C10H10O2S3. The quantitative estimate of drug-likeness (QED) is 0.767. The SMILES string of the molecule is CSC1Sc2cc3c(cc2S1)OCCO3. The summed E-state index contributed by atoms with van der Waals surface area (Å²) in [5, 5.41) is 0. The first-order valence-corrected chi connectivity index (χ1v) is 7.71. The molecule has 0 aliphatic carbocycles. The van der Waals surface area contributed by atoms with Crippen LogP contribution in [0.3, 0.4) is 0 Å². The van der Waals surface area contributed by atoms with Crippen LogP contribution in [0.2, 0.25) is 0 Å². The number of fused-ring (bicyclic) bond motifs is 2. The van der Waals surface area contributed by atoms with Crippen molar-refractivity contribution in [1.29, 1.82) is 0 Å². The van der Waals surface area contributed by atoms with E-state index in [1.54, 1.807) is 0 Å². The fourth-order valence-electron chi connectivity index (χ4n) is 1.56. The van der Waals surface area contributed by atoms with Gasteiger partial charge in [-0.1, -0.05) is 23.5 Å². The van der Waals surface area contributed by atoms with Crippen molar-refractivity contribution in [3.05, 3.63) is 12.1 Å². The van der Waals surface area contributed by atoms with Gasteiger partial charge >= 0.3 is 0 Å². The van der Waals surface area contributed by atoms with Crippen LogP contribution in [0.5, 0.6) is 11.5 Å². The van der Waals surface area contributed by atoms with E-state index in [0.29, 0.717) is 17.1 Å². The van der Waals surface area contributed by atoms with Crippen molar-refractivity contribution in [2.45, 2.75) is 13.7 Å². The second kappa shape index (κ2) is 4.03. The van der Waals surface area contributed by atoms with E-state index < -0.39 is 0 Å². The van der Waals surface area contributed by atoms with Gasteiger partial charge < -0.3 is 9.47 Å². The molecule has 0 unspecified atom stereocenters. The van der Waals surface area contributed by atoms with Gasteiger partial charge in [-0.3, -0.25) is 0 Å². The molecule has 0 saturated carbocycles. The largest absolute Gasteiger partial charge is 0.486 e. The van der Waals surface area contributed by atoms with E-state index >= 15 is 0 Å². The summed E-state index contributed by atoms with van der Waals surface area (Å²) >= 11 is 5.67. The summed E-state index contributed by atoms with van der Waals surface area (Å²) in [4.78, 5) is 2.65. The molecule has 0 bridgehead atoms. The topological polar surface area (TPSA) is 18.5 Å².